The van der Waals surface area contributed by atoms with Crippen LogP contribution in [0.2, 0.25) is 0 Å². The molecule has 0 radical (unpaired) electrons. The number of amides is 1. The van der Waals surface area contributed by atoms with Crippen LogP contribution in [0.25, 0.3) is 0 Å². The molecule has 0 saturated carbocycles. The molecule has 0 N–H and O–H groups in total. The van der Waals surface area contributed by atoms with Gasteiger partial charge in [0.25, 0.3) is 5.91 Å². The van der Waals surface area contributed by atoms with Crippen LogP contribution < -0.4 is 4.74 Å². The molecule has 3 atom stereocenters. The van der Waals surface area contributed by atoms with E-state index in [1.54, 1.807) is 6.92 Å². The zero-order chi connectivity index (χ0) is 23.0. The number of hydrogen-bond acceptors (Lipinski definition) is 5. The molecule has 0 aliphatic carbocycles. The molecule has 0 aromatic heterocycles. The molecule has 0 bridgehead atoms. The summed E-state index contributed by atoms with van der Waals surface area (Å²) in [7, 11) is 1.40. The second kappa shape index (κ2) is 8.78. The molecule has 2 aliphatic heterocycles. The van der Waals surface area contributed by atoms with Crippen molar-refractivity contribution < 1.29 is 27.4 Å². The van der Waals surface area contributed by atoms with Crippen LogP contribution in [0, 0.1) is 23.4 Å². The van der Waals surface area contributed by atoms with Crippen LogP contribution in [0.1, 0.15) is 37.8 Å². The smallest absolute Gasteiger partial charge is 0.273 e. The Labute approximate surface area is 188 Å². The molecule has 4 rings (SSSR count). The molecule has 5 nitrogen and oxygen atoms in total. The number of thioether (sulfide) groups is 1. The first-order valence-corrected chi connectivity index (χ1v) is 11.2. The number of methoxy groups -OCH3 is 1. The zero-order valence-electron chi connectivity index (χ0n) is 17.9. The first-order valence-electron chi connectivity index (χ1n) is 10.3. The molecule has 1 amide bonds. The van der Waals surface area contributed by atoms with Crippen LogP contribution in [0.3, 0.4) is 0 Å². The summed E-state index contributed by atoms with van der Waals surface area (Å²) in [4.78, 5) is 12.2. The van der Waals surface area contributed by atoms with Crippen molar-refractivity contribution in [2.45, 2.75) is 37.7 Å². The monoisotopic (exact) mass is 464 g/mol. The molecule has 170 valence electrons. The number of rotatable bonds is 5. The quantitative estimate of drug-likeness (QED) is 0.622. The lowest BCUT2D eigenvalue weighted by Crippen LogP contribution is -2.53. The lowest BCUT2D eigenvalue weighted by Gasteiger charge is -2.45. The summed E-state index contributed by atoms with van der Waals surface area (Å²) in [5.74, 6) is -2.12. The third-order valence-corrected chi connectivity index (χ3v) is 7.32. The van der Waals surface area contributed by atoms with E-state index < -0.39 is 34.3 Å². The molecule has 2 aromatic rings. The van der Waals surface area contributed by atoms with E-state index in [1.807, 2.05) is 6.92 Å². The Morgan fingerprint density at radius 3 is 2.72 bits per heavy atom. The minimum atomic E-state index is -1.19. The Morgan fingerprint density at radius 1 is 1.28 bits per heavy atom. The van der Waals surface area contributed by atoms with Crippen LogP contribution in [0.5, 0.6) is 5.75 Å². The van der Waals surface area contributed by atoms with Gasteiger partial charge in [-0.15, -0.1) is 0 Å². The number of nitrogens with zero attached hydrogens (tertiary/aromatic N) is 2. The van der Waals surface area contributed by atoms with Gasteiger partial charge >= 0.3 is 0 Å². The molecule has 9 heteroatoms. The van der Waals surface area contributed by atoms with Crippen LogP contribution in [-0.2, 0) is 14.4 Å². The minimum absolute atomic E-state index is 0.0607. The first-order chi connectivity index (χ1) is 15.3. The van der Waals surface area contributed by atoms with E-state index in [2.05, 4.69) is 5.10 Å². The van der Waals surface area contributed by atoms with E-state index in [9.17, 15) is 18.0 Å². The van der Waals surface area contributed by atoms with Crippen molar-refractivity contribution in [1.82, 2.24) is 5.01 Å². The topological polar surface area (TPSA) is 51.1 Å². The second-order valence-electron chi connectivity index (χ2n) is 7.79. The van der Waals surface area contributed by atoms with Gasteiger partial charge in [-0.05, 0) is 49.7 Å². The van der Waals surface area contributed by atoms with Crippen molar-refractivity contribution in [3.05, 3.63) is 65.0 Å². The van der Waals surface area contributed by atoms with Gasteiger partial charge in [-0.25, -0.2) is 18.2 Å². The summed E-state index contributed by atoms with van der Waals surface area (Å²) < 4.78 is 54.2. The van der Waals surface area contributed by atoms with E-state index in [0.29, 0.717) is 17.7 Å². The van der Waals surface area contributed by atoms with Crippen molar-refractivity contribution in [2.75, 3.05) is 13.7 Å². The highest BCUT2D eigenvalue weighted by Gasteiger charge is 2.57. The van der Waals surface area contributed by atoms with E-state index in [4.69, 9.17) is 9.47 Å². The maximum atomic E-state index is 14.7. The summed E-state index contributed by atoms with van der Waals surface area (Å²) in [6.45, 7) is 3.84. The minimum Gasteiger partial charge on any atom is -0.493 e. The molecule has 0 unspecified atom stereocenters. The van der Waals surface area contributed by atoms with Gasteiger partial charge in [0.1, 0.15) is 34.3 Å². The van der Waals surface area contributed by atoms with Crippen LogP contribution in [0.15, 0.2) is 41.5 Å². The van der Waals surface area contributed by atoms with Gasteiger partial charge in [-0.3, -0.25) is 4.79 Å². The highest BCUT2D eigenvalue weighted by molar-refractivity contribution is 8.15. The maximum absolute atomic E-state index is 14.7. The summed E-state index contributed by atoms with van der Waals surface area (Å²) in [5, 5.41) is 5.86. The van der Waals surface area contributed by atoms with Gasteiger partial charge in [0.2, 0.25) is 0 Å². The summed E-state index contributed by atoms with van der Waals surface area (Å²) in [5.41, 5.74) is 0.369. The number of carbonyl (C=O) groups excluding carboxylic acids is 1. The van der Waals surface area contributed by atoms with Gasteiger partial charge in [0.05, 0.1) is 6.61 Å². The molecule has 2 aromatic carbocycles. The van der Waals surface area contributed by atoms with Crippen molar-refractivity contribution in [2.24, 2.45) is 11.0 Å². The molecule has 2 heterocycles. The number of benzene rings is 2. The van der Waals surface area contributed by atoms with Gasteiger partial charge in [0.15, 0.2) is 4.87 Å². The molecular weight excluding hydrogens is 441 g/mol. The summed E-state index contributed by atoms with van der Waals surface area (Å²) in [6.07, 6.45) is 0.560. The molecule has 32 heavy (non-hydrogen) atoms. The molecule has 0 fully saturated rings. The number of hydrogen-bond donors (Lipinski definition) is 0. The molecular formula is C23H23F3N2O3S. The van der Waals surface area contributed by atoms with Gasteiger partial charge in [-0.1, -0.05) is 25.1 Å². The third kappa shape index (κ3) is 3.67. The molecule has 1 spiro atoms. The average Bonchev–Trinajstić information content (AvgIpc) is 3.17. The number of ether oxygens (including phenoxy) is 2. The van der Waals surface area contributed by atoms with Crippen LogP contribution >= 0.6 is 11.8 Å². The van der Waals surface area contributed by atoms with Crippen molar-refractivity contribution in [3.8, 4) is 5.75 Å². The Bertz CT molecular complexity index is 1080. The number of carbonyl (C=O) groups is 1. The third-order valence-electron chi connectivity index (χ3n) is 5.78. The van der Waals surface area contributed by atoms with Crippen molar-refractivity contribution >= 4 is 22.7 Å². The molecule has 2 aliphatic rings. The predicted molar refractivity (Wildman–Crippen MR) is 116 cm³/mol. The zero-order valence-corrected chi connectivity index (χ0v) is 18.7. The largest absolute Gasteiger partial charge is 0.493 e. The lowest BCUT2D eigenvalue weighted by molar-refractivity contribution is -0.147. The lowest BCUT2D eigenvalue weighted by atomic mass is 9.85. The standard InChI is InChI=1S/C23H23F3N2O3S/c1-4-5-14-12-31-20-9-7-16(25)11-18(20)23(14)28(22(29)13(2)30-3)27-21(32-23)17-10-15(24)6-8-19(17)26/h6-11,13-14H,4-5,12H2,1-3H3/t13-,14-,23+/m0/s1. The fourth-order valence-corrected chi connectivity index (χ4v) is 5.64. The Hall–Kier alpha value is -2.52. The van der Waals surface area contributed by atoms with E-state index >= 15 is 0 Å². The SMILES string of the molecule is CCC[C@H]1COc2ccc(F)cc2[C@]12SC(c1cc(F)ccc1F)=NN2C(=O)[C@H](C)OC. The van der Waals surface area contributed by atoms with Crippen LogP contribution in [0.4, 0.5) is 13.2 Å². The summed E-state index contributed by atoms with van der Waals surface area (Å²) >= 11 is 1.12. The fourth-order valence-electron chi connectivity index (χ4n) is 4.12. The molecule has 0 saturated heterocycles. The van der Waals surface area contributed by atoms with Crippen molar-refractivity contribution in [1.29, 1.82) is 0 Å². The predicted octanol–water partition coefficient (Wildman–Crippen LogP) is 5.04. The highest BCUT2D eigenvalue weighted by atomic mass is 32.2. The summed E-state index contributed by atoms with van der Waals surface area (Å²) in [6, 6.07) is 7.20. The fraction of sp³-hybridized carbons (Fsp3) is 0.391. The maximum Gasteiger partial charge on any atom is 0.273 e. The average molecular weight is 465 g/mol. The van der Waals surface area contributed by atoms with E-state index in [-0.39, 0.29) is 23.1 Å². The van der Waals surface area contributed by atoms with Crippen LogP contribution in [-0.4, -0.2) is 35.8 Å². The van der Waals surface area contributed by atoms with Gasteiger partial charge < -0.3 is 9.47 Å². The normalized spacial score (nSPS) is 23.0. The van der Waals surface area contributed by atoms with Crippen molar-refractivity contribution in [3.63, 3.8) is 0 Å². The van der Waals surface area contributed by atoms with Gasteiger partial charge in [0, 0.05) is 24.2 Å². The second-order valence-corrected chi connectivity index (χ2v) is 9.01. The van der Waals surface area contributed by atoms with Gasteiger partial charge in [-0.2, -0.15) is 5.10 Å². The highest BCUT2D eigenvalue weighted by Crippen LogP contribution is 2.58. The Morgan fingerprint density at radius 2 is 2.00 bits per heavy atom. The Kier molecular flexibility index (Phi) is 6.22. The number of fused-ring (bicyclic) bond motifs is 2. The number of halogens is 3. The first kappa shape index (κ1) is 22.7. The number of hydrazone groups is 1. The van der Waals surface area contributed by atoms with E-state index in [1.165, 1.54) is 30.3 Å². The Balaban J connectivity index is 1.94. The van der Waals surface area contributed by atoms with E-state index in [0.717, 1.165) is 36.4 Å².